The fourth-order valence-corrected chi connectivity index (χ4v) is 3.61. The summed E-state index contributed by atoms with van der Waals surface area (Å²) in [6.07, 6.45) is 5.95. The van der Waals surface area contributed by atoms with Gasteiger partial charge >= 0.3 is 0 Å². The number of para-hydroxylation sites is 1. The van der Waals surface area contributed by atoms with Gasteiger partial charge in [0.15, 0.2) is 0 Å². The van der Waals surface area contributed by atoms with Gasteiger partial charge in [0.05, 0.1) is 23.6 Å². The predicted molar refractivity (Wildman–Crippen MR) is 115 cm³/mol. The van der Waals surface area contributed by atoms with Crippen molar-refractivity contribution >= 4 is 21.7 Å². The maximum Gasteiger partial charge on any atom is 0.274 e. The highest BCUT2D eigenvalue weighted by Gasteiger charge is 2.10. The van der Waals surface area contributed by atoms with Crippen LogP contribution in [0.15, 0.2) is 90.1 Å². The zero-order valence-electron chi connectivity index (χ0n) is 15.7. The van der Waals surface area contributed by atoms with Crippen LogP contribution in [0.4, 0.5) is 0 Å². The molecule has 0 unspecified atom stereocenters. The predicted octanol–water partition coefficient (Wildman–Crippen LogP) is 4.25. The van der Waals surface area contributed by atoms with Crippen LogP contribution in [0.3, 0.4) is 0 Å². The SMILES string of the molecule is O=c1c2cccc(-c3cccnc3)c2cnn1CCc1ccc2ccccc2n1. The maximum absolute atomic E-state index is 13.0. The first-order valence-electron chi connectivity index (χ1n) is 9.53. The molecule has 0 aliphatic rings. The van der Waals surface area contributed by atoms with E-state index in [0.29, 0.717) is 18.4 Å². The molecule has 0 amide bonds. The van der Waals surface area contributed by atoms with E-state index in [2.05, 4.69) is 21.1 Å². The Bertz CT molecular complexity index is 1380. The van der Waals surface area contributed by atoms with Crippen LogP contribution in [0.5, 0.6) is 0 Å². The minimum atomic E-state index is -0.0889. The molecule has 0 saturated carbocycles. The van der Waals surface area contributed by atoms with Gasteiger partial charge in [-0.3, -0.25) is 14.8 Å². The molecule has 3 heterocycles. The highest BCUT2D eigenvalue weighted by molar-refractivity contribution is 5.95. The molecule has 3 aromatic heterocycles. The van der Waals surface area contributed by atoms with Gasteiger partial charge in [-0.1, -0.05) is 42.5 Å². The summed E-state index contributed by atoms with van der Waals surface area (Å²) >= 11 is 0. The molecule has 0 saturated heterocycles. The van der Waals surface area contributed by atoms with Crippen molar-refractivity contribution in [2.24, 2.45) is 0 Å². The van der Waals surface area contributed by atoms with Gasteiger partial charge < -0.3 is 0 Å². The van der Waals surface area contributed by atoms with Gasteiger partial charge in [-0.25, -0.2) is 4.68 Å². The number of fused-ring (bicyclic) bond motifs is 2. The molecule has 5 aromatic rings. The first-order chi connectivity index (χ1) is 14.3. The van der Waals surface area contributed by atoms with E-state index in [4.69, 9.17) is 0 Å². The Morgan fingerprint density at radius 1 is 0.828 bits per heavy atom. The molecule has 140 valence electrons. The lowest BCUT2D eigenvalue weighted by Crippen LogP contribution is -2.24. The molecular formula is C24H18N4O. The Kier molecular flexibility index (Phi) is 4.33. The molecule has 0 aliphatic carbocycles. The van der Waals surface area contributed by atoms with E-state index in [1.165, 1.54) is 4.68 Å². The third kappa shape index (κ3) is 3.27. The van der Waals surface area contributed by atoms with Crippen molar-refractivity contribution in [3.05, 3.63) is 101 Å². The summed E-state index contributed by atoms with van der Waals surface area (Å²) in [5.74, 6) is 0. The van der Waals surface area contributed by atoms with Crippen molar-refractivity contribution < 1.29 is 0 Å². The van der Waals surface area contributed by atoms with Crippen molar-refractivity contribution in [2.45, 2.75) is 13.0 Å². The highest BCUT2D eigenvalue weighted by Crippen LogP contribution is 2.25. The molecule has 29 heavy (non-hydrogen) atoms. The average molecular weight is 378 g/mol. The Labute approximate surface area is 167 Å². The number of hydrogen-bond donors (Lipinski definition) is 0. The first kappa shape index (κ1) is 17.3. The molecule has 2 aromatic carbocycles. The quantitative estimate of drug-likeness (QED) is 0.469. The smallest absolute Gasteiger partial charge is 0.267 e. The lowest BCUT2D eigenvalue weighted by atomic mass is 10.0. The second kappa shape index (κ2) is 7.28. The van der Waals surface area contributed by atoms with E-state index in [1.54, 1.807) is 18.6 Å². The number of nitrogens with zero attached hydrogens (tertiary/aromatic N) is 4. The zero-order valence-corrected chi connectivity index (χ0v) is 15.7. The summed E-state index contributed by atoms with van der Waals surface area (Å²) in [5, 5.41) is 7.04. The Balaban J connectivity index is 1.48. The monoisotopic (exact) mass is 378 g/mol. The van der Waals surface area contributed by atoms with Gasteiger partial charge in [0, 0.05) is 40.8 Å². The minimum Gasteiger partial charge on any atom is -0.267 e. The molecule has 5 heteroatoms. The van der Waals surface area contributed by atoms with E-state index in [0.717, 1.165) is 33.1 Å². The fraction of sp³-hybridized carbons (Fsp3) is 0.0833. The summed E-state index contributed by atoms with van der Waals surface area (Å²) in [7, 11) is 0. The van der Waals surface area contributed by atoms with Crippen molar-refractivity contribution in [3.8, 4) is 11.1 Å². The standard InChI is InChI=1S/C24H18N4O/c29-24-21-8-3-7-20(18-6-4-13-25-15-18)22(21)16-26-28(24)14-12-19-11-10-17-5-1-2-9-23(17)27-19/h1-11,13,15-16H,12,14H2. The van der Waals surface area contributed by atoms with E-state index < -0.39 is 0 Å². The number of aromatic nitrogens is 4. The van der Waals surface area contributed by atoms with Crippen molar-refractivity contribution in [1.82, 2.24) is 19.7 Å². The van der Waals surface area contributed by atoms with Gasteiger partial charge in [-0.2, -0.15) is 5.10 Å². The van der Waals surface area contributed by atoms with Crippen LogP contribution in [0.1, 0.15) is 5.69 Å². The second-order valence-corrected chi connectivity index (χ2v) is 6.93. The highest BCUT2D eigenvalue weighted by atomic mass is 16.1. The van der Waals surface area contributed by atoms with E-state index in [9.17, 15) is 4.79 Å². The van der Waals surface area contributed by atoms with E-state index in [1.807, 2.05) is 60.7 Å². The average Bonchev–Trinajstić information content (AvgIpc) is 2.79. The third-order valence-corrected chi connectivity index (χ3v) is 5.11. The molecule has 0 radical (unpaired) electrons. The summed E-state index contributed by atoms with van der Waals surface area (Å²) in [6, 6.07) is 21.7. The van der Waals surface area contributed by atoms with Gasteiger partial charge in [-0.05, 0) is 29.8 Å². The lowest BCUT2D eigenvalue weighted by Gasteiger charge is -2.09. The molecule has 0 atom stereocenters. The minimum absolute atomic E-state index is 0.0889. The Morgan fingerprint density at radius 3 is 2.66 bits per heavy atom. The van der Waals surface area contributed by atoms with Crippen LogP contribution >= 0.6 is 0 Å². The van der Waals surface area contributed by atoms with Crippen molar-refractivity contribution in [1.29, 1.82) is 0 Å². The van der Waals surface area contributed by atoms with Crippen LogP contribution in [0, 0.1) is 0 Å². The fourth-order valence-electron chi connectivity index (χ4n) is 3.61. The maximum atomic E-state index is 13.0. The van der Waals surface area contributed by atoms with E-state index >= 15 is 0 Å². The number of aryl methyl sites for hydroxylation is 2. The molecule has 5 nitrogen and oxygen atoms in total. The largest absolute Gasteiger partial charge is 0.274 e. The second-order valence-electron chi connectivity index (χ2n) is 6.93. The molecule has 0 aliphatic heterocycles. The molecule has 0 bridgehead atoms. The third-order valence-electron chi connectivity index (χ3n) is 5.11. The number of benzene rings is 2. The Hall–Kier alpha value is -3.86. The molecular weight excluding hydrogens is 360 g/mol. The van der Waals surface area contributed by atoms with Crippen molar-refractivity contribution in [3.63, 3.8) is 0 Å². The van der Waals surface area contributed by atoms with Gasteiger partial charge in [0.1, 0.15) is 0 Å². The molecule has 0 N–H and O–H groups in total. The summed E-state index contributed by atoms with van der Waals surface area (Å²) in [4.78, 5) is 21.9. The number of pyridine rings is 2. The van der Waals surface area contributed by atoms with Crippen LogP contribution in [-0.2, 0) is 13.0 Å². The first-order valence-corrected chi connectivity index (χ1v) is 9.53. The number of rotatable bonds is 4. The Morgan fingerprint density at radius 2 is 1.76 bits per heavy atom. The molecule has 5 rings (SSSR count). The molecule has 0 fully saturated rings. The normalized spacial score (nSPS) is 11.2. The lowest BCUT2D eigenvalue weighted by molar-refractivity contribution is 0.580. The van der Waals surface area contributed by atoms with Crippen LogP contribution < -0.4 is 5.56 Å². The summed E-state index contributed by atoms with van der Waals surface area (Å²) in [5.41, 5.74) is 3.75. The summed E-state index contributed by atoms with van der Waals surface area (Å²) < 4.78 is 1.52. The zero-order chi connectivity index (χ0) is 19.6. The van der Waals surface area contributed by atoms with Crippen LogP contribution in [0.25, 0.3) is 32.8 Å². The van der Waals surface area contributed by atoms with Gasteiger partial charge in [0.25, 0.3) is 5.56 Å². The topological polar surface area (TPSA) is 60.7 Å². The van der Waals surface area contributed by atoms with E-state index in [-0.39, 0.29) is 5.56 Å². The van der Waals surface area contributed by atoms with Crippen LogP contribution in [-0.4, -0.2) is 19.7 Å². The van der Waals surface area contributed by atoms with Crippen molar-refractivity contribution in [2.75, 3.05) is 0 Å². The summed E-state index contributed by atoms with van der Waals surface area (Å²) in [6.45, 7) is 0.483. The molecule has 0 spiro atoms. The number of hydrogen-bond acceptors (Lipinski definition) is 4. The van der Waals surface area contributed by atoms with Crippen LogP contribution in [0.2, 0.25) is 0 Å². The van der Waals surface area contributed by atoms with Gasteiger partial charge in [-0.15, -0.1) is 0 Å². The van der Waals surface area contributed by atoms with Gasteiger partial charge in [0.2, 0.25) is 0 Å².